The lowest BCUT2D eigenvalue weighted by Crippen LogP contribution is -2.52. The van der Waals surface area contributed by atoms with E-state index < -0.39 is 0 Å². The van der Waals surface area contributed by atoms with Crippen LogP contribution in [0, 0.1) is 5.92 Å². The molecule has 1 unspecified atom stereocenters. The van der Waals surface area contributed by atoms with E-state index in [1.807, 2.05) is 7.05 Å². The first-order chi connectivity index (χ1) is 12.7. The molecule has 0 aromatic heterocycles. The predicted octanol–water partition coefficient (Wildman–Crippen LogP) is 2.39. The molecule has 2 saturated heterocycles. The van der Waals surface area contributed by atoms with Crippen molar-refractivity contribution in [2.45, 2.75) is 52.0 Å². The Labute approximate surface area is 183 Å². The number of hydrogen-bond donors (Lipinski definition) is 2. The molecule has 6 nitrogen and oxygen atoms in total. The quantitative estimate of drug-likeness (QED) is 0.235. The third-order valence-corrected chi connectivity index (χ3v) is 5.63. The molecule has 0 aliphatic carbocycles. The highest BCUT2D eigenvalue weighted by atomic mass is 127. The van der Waals surface area contributed by atoms with Crippen LogP contribution < -0.4 is 10.6 Å². The Morgan fingerprint density at radius 2 is 1.67 bits per heavy atom. The molecule has 0 aromatic rings. The van der Waals surface area contributed by atoms with E-state index in [1.54, 1.807) is 0 Å². The van der Waals surface area contributed by atoms with E-state index in [-0.39, 0.29) is 24.0 Å². The van der Waals surface area contributed by atoms with Crippen molar-refractivity contribution in [1.82, 2.24) is 20.4 Å². The number of guanidine groups is 1. The van der Waals surface area contributed by atoms with Crippen LogP contribution in [0.2, 0.25) is 0 Å². The first-order valence-electron chi connectivity index (χ1n) is 10.7. The SMILES string of the molecule is CN=C(NCCCN1CCCCCC1)NCC(C(C)C)N1CCOCC1.I. The highest BCUT2D eigenvalue weighted by Crippen LogP contribution is 2.12. The Morgan fingerprint density at radius 3 is 2.26 bits per heavy atom. The van der Waals surface area contributed by atoms with Crippen molar-refractivity contribution in [3.8, 4) is 0 Å². The van der Waals surface area contributed by atoms with Crippen LogP contribution in [0.1, 0.15) is 46.0 Å². The van der Waals surface area contributed by atoms with Crippen LogP contribution in [0.4, 0.5) is 0 Å². The standard InChI is InChI=1S/C20H41N5O.HI/c1-18(2)19(25-13-15-26-16-14-25)17-23-20(21-3)22-9-8-12-24-10-6-4-5-7-11-24;/h18-19H,4-17H2,1-3H3,(H2,21,22,23);1H. The van der Waals surface area contributed by atoms with E-state index in [2.05, 4.69) is 39.3 Å². The van der Waals surface area contributed by atoms with E-state index in [0.29, 0.717) is 12.0 Å². The number of hydrogen-bond acceptors (Lipinski definition) is 4. The molecule has 2 heterocycles. The minimum atomic E-state index is 0. The minimum Gasteiger partial charge on any atom is -0.379 e. The van der Waals surface area contributed by atoms with Gasteiger partial charge in [-0.3, -0.25) is 9.89 Å². The fraction of sp³-hybridized carbons (Fsp3) is 0.950. The lowest BCUT2D eigenvalue weighted by atomic mass is 10.0. The van der Waals surface area contributed by atoms with E-state index in [4.69, 9.17) is 4.74 Å². The number of ether oxygens (including phenoxy) is 1. The normalized spacial score (nSPS) is 21.4. The smallest absolute Gasteiger partial charge is 0.191 e. The average Bonchev–Trinajstić information content (AvgIpc) is 2.93. The van der Waals surface area contributed by atoms with Gasteiger partial charge >= 0.3 is 0 Å². The van der Waals surface area contributed by atoms with E-state index in [9.17, 15) is 0 Å². The van der Waals surface area contributed by atoms with Gasteiger partial charge in [0.15, 0.2) is 5.96 Å². The van der Waals surface area contributed by atoms with Crippen molar-refractivity contribution in [3.63, 3.8) is 0 Å². The van der Waals surface area contributed by atoms with Gasteiger partial charge in [0.25, 0.3) is 0 Å². The highest BCUT2D eigenvalue weighted by Gasteiger charge is 2.23. The summed E-state index contributed by atoms with van der Waals surface area (Å²) in [6.07, 6.45) is 6.73. The molecule has 0 spiro atoms. The second kappa shape index (κ2) is 14.8. The van der Waals surface area contributed by atoms with Gasteiger partial charge in [0.05, 0.1) is 13.2 Å². The maximum atomic E-state index is 5.50. The summed E-state index contributed by atoms with van der Waals surface area (Å²) in [5.41, 5.74) is 0. The molecule has 1 atom stereocenters. The van der Waals surface area contributed by atoms with Crippen molar-refractivity contribution >= 4 is 29.9 Å². The van der Waals surface area contributed by atoms with E-state index >= 15 is 0 Å². The molecule has 2 aliphatic heterocycles. The molecule has 0 amide bonds. The lowest BCUT2D eigenvalue weighted by molar-refractivity contribution is 0.00752. The summed E-state index contributed by atoms with van der Waals surface area (Å²) in [5, 5.41) is 7.03. The van der Waals surface area contributed by atoms with Gasteiger partial charge in [0, 0.05) is 39.3 Å². The van der Waals surface area contributed by atoms with Crippen LogP contribution in [0.3, 0.4) is 0 Å². The van der Waals surface area contributed by atoms with Gasteiger partial charge in [-0.15, -0.1) is 24.0 Å². The van der Waals surface area contributed by atoms with Gasteiger partial charge in [-0.2, -0.15) is 0 Å². The lowest BCUT2D eigenvalue weighted by Gasteiger charge is -2.37. The van der Waals surface area contributed by atoms with Crippen LogP contribution in [0.5, 0.6) is 0 Å². The third kappa shape index (κ3) is 9.76. The maximum Gasteiger partial charge on any atom is 0.191 e. The zero-order chi connectivity index (χ0) is 18.6. The molecule has 27 heavy (non-hydrogen) atoms. The molecule has 2 N–H and O–H groups in total. The van der Waals surface area contributed by atoms with Crippen LogP contribution in [0.25, 0.3) is 0 Å². The average molecular weight is 495 g/mol. The van der Waals surface area contributed by atoms with E-state index in [0.717, 1.165) is 45.4 Å². The summed E-state index contributed by atoms with van der Waals surface area (Å²) >= 11 is 0. The molecule has 0 saturated carbocycles. The van der Waals surface area contributed by atoms with Crippen molar-refractivity contribution in [2.24, 2.45) is 10.9 Å². The Morgan fingerprint density at radius 1 is 1.00 bits per heavy atom. The molecule has 0 radical (unpaired) electrons. The molecule has 2 fully saturated rings. The molecule has 0 aromatic carbocycles. The molecule has 160 valence electrons. The summed E-state index contributed by atoms with van der Waals surface area (Å²) in [6, 6.07) is 0.523. The Hall–Kier alpha value is -0.120. The van der Waals surface area contributed by atoms with Gasteiger partial charge in [0.1, 0.15) is 0 Å². The van der Waals surface area contributed by atoms with Crippen LogP contribution >= 0.6 is 24.0 Å². The summed E-state index contributed by atoms with van der Waals surface area (Å²) in [6.45, 7) is 14.1. The van der Waals surface area contributed by atoms with Gasteiger partial charge in [-0.1, -0.05) is 26.7 Å². The van der Waals surface area contributed by atoms with Gasteiger partial charge in [-0.05, 0) is 44.8 Å². The van der Waals surface area contributed by atoms with Crippen molar-refractivity contribution in [2.75, 3.05) is 66.1 Å². The number of aliphatic imine (C=N–C) groups is 1. The van der Waals surface area contributed by atoms with Crippen LogP contribution in [0.15, 0.2) is 4.99 Å². The van der Waals surface area contributed by atoms with Crippen LogP contribution in [-0.2, 0) is 4.74 Å². The van der Waals surface area contributed by atoms with Gasteiger partial charge in [0.2, 0.25) is 0 Å². The second-order valence-corrected chi connectivity index (χ2v) is 7.95. The van der Waals surface area contributed by atoms with Crippen molar-refractivity contribution in [1.29, 1.82) is 0 Å². The fourth-order valence-corrected chi connectivity index (χ4v) is 3.99. The molecule has 7 heteroatoms. The number of nitrogens with one attached hydrogen (secondary N) is 2. The number of morpholine rings is 1. The highest BCUT2D eigenvalue weighted by molar-refractivity contribution is 14.0. The van der Waals surface area contributed by atoms with Gasteiger partial charge in [-0.25, -0.2) is 0 Å². The first-order valence-corrected chi connectivity index (χ1v) is 10.7. The summed E-state index contributed by atoms with van der Waals surface area (Å²) in [7, 11) is 1.86. The Kier molecular flexibility index (Phi) is 13.7. The Balaban J connectivity index is 0.00000364. The summed E-state index contributed by atoms with van der Waals surface area (Å²) < 4.78 is 5.50. The first kappa shape index (κ1) is 24.9. The van der Waals surface area contributed by atoms with Gasteiger partial charge < -0.3 is 20.3 Å². The Bertz CT molecular complexity index is 394. The molecule has 0 bridgehead atoms. The maximum absolute atomic E-state index is 5.50. The third-order valence-electron chi connectivity index (χ3n) is 5.63. The van der Waals surface area contributed by atoms with Crippen molar-refractivity contribution in [3.05, 3.63) is 0 Å². The second-order valence-electron chi connectivity index (χ2n) is 7.95. The molecular formula is C20H42IN5O. The van der Waals surface area contributed by atoms with Crippen molar-refractivity contribution < 1.29 is 4.74 Å². The minimum absolute atomic E-state index is 0. The molecular weight excluding hydrogens is 453 g/mol. The van der Waals surface area contributed by atoms with E-state index in [1.165, 1.54) is 51.7 Å². The summed E-state index contributed by atoms with van der Waals surface area (Å²) in [5.74, 6) is 1.54. The number of nitrogens with zero attached hydrogens (tertiary/aromatic N) is 3. The number of halogens is 1. The summed E-state index contributed by atoms with van der Waals surface area (Å²) in [4.78, 5) is 9.57. The largest absolute Gasteiger partial charge is 0.379 e. The topological polar surface area (TPSA) is 52.1 Å². The fourth-order valence-electron chi connectivity index (χ4n) is 3.99. The number of likely N-dealkylation sites (tertiary alicyclic amines) is 1. The zero-order valence-electron chi connectivity index (χ0n) is 17.7. The predicted molar refractivity (Wildman–Crippen MR) is 125 cm³/mol. The molecule has 2 aliphatic rings. The van der Waals surface area contributed by atoms with Crippen LogP contribution in [-0.4, -0.2) is 87.9 Å². The number of rotatable bonds is 8. The zero-order valence-corrected chi connectivity index (χ0v) is 20.0. The molecule has 2 rings (SSSR count). The monoisotopic (exact) mass is 495 g/mol.